The third-order valence-electron chi connectivity index (χ3n) is 14.1. The molecule has 2 aromatic heterocycles. The van der Waals surface area contributed by atoms with Crippen LogP contribution in [0.15, 0.2) is 95.7 Å². The highest BCUT2D eigenvalue weighted by Gasteiger charge is 2.56. The second-order valence-corrected chi connectivity index (χ2v) is 31.9. The topological polar surface area (TPSA) is 604 Å². The molecule has 1 unspecified atom stereocenters. The lowest BCUT2D eigenvalue weighted by Crippen LogP contribution is -2.54. The summed E-state index contributed by atoms with van der Waals surface area (Å²) in [7, 11) is 0. The van der Waals surface area contributed by atoms with Crippen molar-refractivity contribution in [2.24, 2.45) is 0 Å². The van der Waals surface area contributed by atoms with E-state index < -0.39 is 145 Å². The van der Waals surface area contributed by atoms with Crippen molar-refractivity contribution in [3.8, 4) is 0 Å². The van der Waals surface area contributed by atoms with Crippen LogP contribution in [0.5, 0.6) is 0 Å². The van der Waals surface area contributed by atoms with Crippen LogP contribution in [0.25, 0.3) is 0 Å². The summed E-state index contributed by atoms with van der Waals surface area (Å²) in [4.78, 5) is 135. The van der Waals surface area contributed by atoms with E-state index in [9.17, 15) is 93.3 Å². The van der Waals surface area contributed by atoms with Crippen LogP contribution in [0.4, 0.5) is 5.69 Å². The number of aliphatic hydroxyl groups is 1. The Morgan fingerprint density at radius 2 is 0.750 bits per heavy atom. The fraction of sp³-hybridized carbons (Fsp3) is 0.533. The van der Waals surface area contributed by atoms with Crippen LogP contribution in [0.3, 0.4) is 0 Å². The van der Waals surface area contributed by atoms with Gasteiger partial charge in [0.05, 0.1) is 40.0 Å². The maximum absolute atomic E-state index is 12.0. The number of carboxylic acids is 12. The van der Waals surface area contributed by atoms with Crippen molar-refractivity contribution in [1.29, 1.82) is 0 Å². The van der Waals surface area contributed by atoms with E-state index in [-0.39, 0.29) is 51.0 Å². The number of thiophene rings is 1. The molecule has 5 aromatic rings. The molecule has 112 heavy (non-hydrogen) atoms. The first-order valence-electron chi connectivity index (χ1n) is 34.1. The van der Waals surface area contributed by atoms with E-state index in [1.165, 1.54) is 38.2 Å². The number of tetrazole rings is 1. The summed E-state index contributed by atoms with van der Waals surface area (Å²) in [6.07, 6.45) is -1.36. The number of aliphatic hydroxyl groups excluding tert-OH is 1. The minimum atomic E-state index is -2.76. The van der Waals surface area contributed by atoms with E-state index in [2.05, 4.69) is 20.6 Å². The zero-order valence-corrected chi connectivity index (χ0v) is 66.9. The van der Waals surface area contributed by atoms with Gasteiger partial charge in [-0.15, -0.1) is 10.2 Å². The quantitative estimate of drug-likeness (QED) is 0.0142. The number of aryl methyl sites for hydroxylation is 2. The zero-order chi connectivity index (χ0) is 87.4. The number of aromatic nitrogens is 4. The van der Waals surface area contributed by atoms with Gasteiger partial charge in [0.15, 0.2) is 0 Å². The molecule has 0 aliphatic heterocycles. The molecule has 0 bridgehead atoms. The third-order valence-corrected chi connectivity index (χ3v) is 14.8. The fourth-order valence-electron chi connectivity index (χ4n) is 10.1. The average Bonchev–Trinajstić information content (AvgIpc) is 0.967. The van der Waals surface area contributed by atoms with E-state index in [1.54, 1.807) is 157 Å². The van der Waals surface area contributed by atoms with Crippen molar-refractivity contribution in [3.63, 3.8) is 0 Å². The van der Waals surface area contributed by atoms with Gasteiger partial charge in [0.1, 0.15) is 0 Å². The van der Waals surface area contributed by atoms with Crippen LogP contribution >= 0.6 is 11.3 Å². The molecule has 0 amide bonds. The standard InChI is InChI=1S/C15H20N4O3.C15H20O5.C14H19NO5.C12H16O5S.C10H18O6.C9H14O7/c1-14(2,3)22-15(13(20)21,12-16-18-19-17-12)10-9-11-7-5-4-6-8-11;1-10-6-5-7-11(8-10)9-15(12(16)17,13(18)19)20-14(2,3)4;1-13(2,3)20-14(11(16)17,12(18)19)8-9-5-4-6-10(15)7-9;1-11(2,3)17-12(9(13)14,10(15)16)6-8-4-5-18-7-8;1-9(2,3)16-10(7(12)13,8(14)15)5-4-6-11;1-8(2,3)16-9(6(12)13,7(14)15)4-5(10)11/h4-8H,9-10H2,1-3H3,(H,20,21)(H,16,17,18,19);5-8H,9H2,1-4H3,(H,16,17)(H,18,19);4-7H,8,15H2,1-3H3,(H,16,17)(H,18,19);4-5,7H,6H2,1-3H3,(H,13,14)(H,15,16);11H,4-6H2,1-3H3,(H,12,13)(H,14,15);4H2,1-3H3,(H,10,11)(H,12,13)(H,14,15). The number of nitrogens with one attached hydrogen (secondary N) is 1. The molecule has 0 saturated heterocycles. The molecule has 3 aromatic carbocycles. The number of nitrogens with two attached hydrogens (primary N) is 1. The van der Waals surface area contributed by atoms with Crippen molar-refractivity contribution in [2.75, 3.05) is 12.3 Å². The Labute approximate surface area is 650 Å². The summed E-state index contributed by atoms with van der Waals surface area (Å²) < 4.78 is 32.0. The number of aromatic amines is 1. The number of benzene rings is 3. The highest BCUT2D eigenvalue weighted by atomic mass is 32.1. The molecule has 0 aliphatic rings. The summed E-state index contributed by atoms with van der Waals surface area (Å²) in [6, 6.07) is 24.8. The molecule has 16 N–H and O–H groups in total. The number of carbonyl (C=O) groups is 12. The number of nitrogen functional groups attached to an aromatic ring is 1. The molecule has 5 rings (SSSR count). The van der Waals surface area contributed by atoms with Gasteiger partial charge in [0.25, 0.3) is 28.0 Å². The maximum Gasteiger partial charge on any atom is 0.348 e. The summed E-state index contributed by atoms with van der Waals surface area (Å²) >= 11 is 1.38. The second kappa shape index (κ2) is 41.7. The van der Waals surface area contributed by atoms with Gasteiger partial charge in [-0.1, -0.05) is 77.5 Å². The smallest absolute Gasteiger partial charge is 0.348 e. The first kappa shape index (κ1) is 102. The minimum absolute atomic E-state index is 0.0332. The van der Waals surface area contributed by atoms with Crippen molar-refractivity contribution < 1.29 is 152 Å². The van der Waals surface area contributed by atoms with Crippen molar-refractivity contribution in [3.05, 3.63) is 129 Å². The summed E-state index contributed by atoms with van der Waals surface area (Å²) in [5.74, 6) is -18.5. The van der Waals surface area contributed by atoms with Gasteiger partial charge >= 0.3 is 71.6 Å². The first-order chi connectivity index (χ1) is 50.8. The second-order valence-electron chi connectivity index (χ2n) is 31.1. The van der Waals surface area contributed by atoms with Gasteiger partial charge < -0.3 is 101 Å². The first-order valence-corrected chi connectivity index (χ1v) is 35.0. The van der Waals surface area contributed by atoms with Gasteiger partial charge in [-0.3, -0.25) is 4.79 Å². The highest BCUT2D eigenvalue weighted by molar-refractivity contribution is 7.08. The minimum Gasteiger partial charge on any atom is -0.481 e. The number of aliphatic carboxylic acids is 12. The summed E-state index contributed by atoms with van der Waals surface area (Å²) in [5, 5.41) is 136. The van der Waals surface area contributed by atoms with E-state index in [0.29, 0.717) is 28.8 Å². The summed E-state index contributed by atoms with van der Waals surface area (Å²) in [6.45, 7) is 30.6. The van der Waals surface area contributed by atoms with Crippen molar-refractivity contribution >= 4 is 88.7 Å². The van der Waals surface area contributed by atoms with Crippen molar-refractivity contribution in [1.82, 2.24) is 20.6 Å². The molecule has 2 heterocycles. The molecule has 624 valence electrons. The SMILES string of the molecule is CC(C)(C)OC(CC(=O)O)(C(=O)O)C(=O)O.CC(C)(C)OC(CCCO)(C(=O)O)C(=O)O.CC(C)(C)OC(CCc1ccccc1)(C(=O)O)c1nn[nH]n1.CC(C)(C)OC(Cc1cccc(N)c1)(C(=O)O)C(=O)O.CC(C)(C)OC(Cc1ccsc1)(C(=O)O)C(=O)O.Cc1cccc(CC(OC(C)(C)C)(C(=O)O)C(=O)O)c1. The van der Waals surface area contributed by atoms with Crippen LogP contribution < -0.4 is 5.73 Å². The number of nitrogens with zero attached hydrogens (tertiary/aromatic N) is 3. The van der Waals surface area contributed by atoms with Gasteiger partial charge in [-0.25, -0.2) is 52.7 Å². The lowest BCUT2D eigenvalue weighted by molar-refractivity contribution is -0.204. The number of hydrogen-bond donors (Lipinski definition) is 15. The Bertz CT molecular complexity index is 3790. The number of rotatable bonds is 32. The molecular formula is C75H107N5O31S. The number of anilines is 1. The lowest BCUT2D eigenvalue weighted by atomic mass is 9.92. The third kappa shape index (κ3) is 33.3. The number of carboxylic acid groups (broad SMARTS) is 12. The molecule has 0 saturated carbocycles. The van der Waals surface area contributed by atoms with Crippen LogP contribution in [-0.2, 0) is 117 Å². The Balaban J connectivity index is 0.00000133. The predicted molar refractivity (Wildman–Crippen MR) is 399 cm³/mol. The molecule has 37 heteroatoms. The molecule has 1 atom stereocenters. The molecule has 0 fully saturated rings. The van der Waals surface area contributed by atoms with Gasteiger partial charge in [0, 0.05) is 38.0 Å². The summed E-state index contributed by atoms with van der Waals surface area (Å²) in [5.41, 5.74) is -9.16. The van der Waals surface area contributed by atoms with E-state index in [4.69, 9.17) is 64.8 Å². The number of H-pyrrole nitrogens is 1. The van der Waals surface area contributed by atoms with Crippen LogP contribution in [-0.4, -0.2) is 227 Å². The highest BCUT2D eigenvalue weighted by Crippen LogP contribution is 2.35. The van der Waals surface area contributed by atoms with Crippen LogP contribution in [0, 0.1) is 6.92 Å². The Hall–Kier alpha value is -10.4. The van der Waals surface area contributed by atoms with E-state index >= 15 is 0 Å². The maximum atomic E-state index is 12.0. The largest absolute Gasteiger partial charge is 0.481 e. The lowest BCUT2D eigenvalue weighted by Gasteiger charge is -2.33. The fourth-order valence-corrected chi connectivity index (χ4v) is 10.8. The molecule has 0 spiro atoms. The van der Waals surface area contributed by atoms with E-state index in [0.717, 1.165) is 11.1 Å². The Morgan fingerprint density at radius 1 is 0.402 bits per heavy atom. The van der Waals surface area contributed by atoms with Crippen LogP contribution in [0.2, 0.25) is 0 Å². The van der Waals surface area contributed by atoms with Gasteiger partial charge in [-0.05, 0) is 202 Å². The number of hydrogen-bond acceptors (Lipinski definition) is 24. The van der Waals surface area contributed by atoms with Crippen molar-refractivity contribution in [2.45, 2.75) is 250 Å². The molecule has 0 radical (unpaired) electrons. The van der Waals surface area contributed by atoms with Crippen LogP contribution in [0.1, 0.15) is 184 Å². The Kier molecular flexibility index (Phi) is 37.9. The monoisotopic (exact) mass is 1610 g/mol. The molecule has 0 aliphatic carbocycles. The molecular weight excluding hydrogens is 1500 g/mol. The Morgan fingerprint density at radius 3 is 1.05 bits per heavy atom. The average molecular weight is 1610 g/mol. The zero-order valence-electron chi connectivity index (χ0n) is 66.1. The predicted octanol–water partition coefficient (Wildman–Crippen LogP) is 8.40. The van der Waals surface area contributed by atoms with Gasteiger partial charge in [-0.2, -0.15) is 16.6 Å². The van der Waals surface area contributed by atoms with E-state index in [1.807, 2.05) is 43.3 Å². The molecule has 36 nitrogen and oxygen atoms in total. The van der Waals surface area contributed by atoms with Gasteiger partial charge in [0.2, 0.25) is 11.4 Å². The number of ether oxygens (including phenoxy) is 6. The normalized spacial score (nSPS) is 12.7.